The lowest BCUT2D eigenvalue weighted by molar-refractivity contribution is 0.0981. The summed E-state index contributed by atoms with van der Waals surface area (Å²) in [5, 5.41) is 2.77. The normalized spacial score (nSPS) is 12.4. The average molecular weight is 470 g/mol. The van der Waals surface area contributed by atoms with E-state index in [1.807, 2.05) is 42.6 Å². The highest BCUT2D eigenvalue weighted by Gasteiger charge is 2.27. The number of carbonyl (C=O) groups excluding carboxylic acids is 2. The van der Waals surface area contributed by atoms with E-state index < -0.39 is 11.7 Å². The Morgan fingerprint density at radius 2 is 1.77 bits per heavy atom. The van der Waals surface area contributed by atoms with E-state index in [0.717, 1.165) is 16.9 Å². The molecule has 0 saturated carbocycles. The van der Waals surface area contributed by atoms with Crippen LogP contribution in [0.4, 0.5) is 15.8 Å². The van der Waals surface area contributed by atoms with Crippen LogP contribution in [-0.4, -0.2) is 23.5 Å². The maximum atomic E-state index is 13.8. The fourth-order valence-corrected chi connectivity index (χ4v) is 4.40. The van der Waals surface area contributed by atoms with Crippen LogP contribution in [0.1, 0.15) is 37.5 Å². The number of hydrogen-bond acceptors (Lipinski definition) is 3. The number of hydrogen-bond donors (Lipinski definition) is 1. The number of nitrogens with one attached hydrogen (secondary N) is 1. The van der Waals surface area contributed by atoms with Crippen LogP contribution in [0.5, 0.6) is 5.75 Å². The Morgan fingerprint density at radius 1 is 0.943 bits per heavy atom. The second-order valence-corrected chi connectivity index (χ2v) is 8.48. The zero-order chi connectivity index (χ0) is 24.5. The van der Waals surface area contributed by atoms with Crippen LogP contribution in [0.2, 0.25) is 0 Å². The molecule has 0 spiro atoms. The molecule has 0 aliphatic carbocycles. The first-order valence-electron chi connectivity index (χ1n) is 11.2. The van der Waals surface area contributed by atoms with Crippen LogP contribution < -0.4 is 15.0 Å². The molecule has 3 aromatic carbocycles. The van der Waals surface area contributed by atoms with E-state index >= 15 is 0 Å². The lowest BCUT2D eigenvalue weighted by atomic mass is 10.1. The molecule has 6 nitrogen and oxygen atoms in total. The van der Waals surface area contributed by atoms with Crippen molar-refractivity contribution in [3.8, 4) is 5.75 Å². The van der Waals surface area contributed by atoms with Gasteiger partial charge >= 0.3 is 0 Å². The van der Waals surface area contributed by atoms with Crippen LogP contribution in [0.15, 0.2) is 79.0 Å². The second-order valence-electron chi connectivity index (χ2n) is 8.48. The summed E-state index contributed by atoms with van der Waals surface area (Å²) >= 11 is 0. The van der Waals surface area contributed by atoms with Gasteiger partial charge in [-0.15, -0.1) is 0 Å². The van der Waals surface area contributed by atoms with Gasteiger partial charge in [-0.05, 0) is 60.5 Å². The Kier molecular flexibility index (Phi) is 5.82. The van der Waals surface area contributed by atoms with E-state index in [-0.39, 0.29) is 11.5 Å². The number of aromatic nitrogens is 1. The second kappa shape index (κ2) is 9.10. The molecule has 1 aliphatic heterocycles. The van der Waals surface area contributed by atoms with Gasteiger partial charge in [-0.3, -0.25) is 9.59 Å². The number of rotatable bonds is 4. The minimum atomic E-state index is -0.483. The molecular formula is C28H24FN3O3. The van der Waals surface area contributed by atoms with Gasteiger partial charge in [-0.2, -0.15) is 0 Å². The number of anilines is 2. The Bertz CT molecular complexity index is 1440. The van der Waals surface area contributed by atoms with Crippen LogP contribution in [-0.2, 0) is 13.1 Å². The number of halogens is 1. The van der Waals surface area contributed by atoms with Gasteiger partial charge in [0.2, 0.25) is 0 Å². The molecule has 7 heteroatoms. The van der Waals surface area contributed by atoms with Crippen molar-refractivity contribution in [3.63, 3.8) is 0 Å². The number of methoxy groups -OCH3 is 1. The molecule has 1 aromatic heterocycles. The zero-order valence-electron chi connectivity index (χ0n) is 19.4. The first-order chi connectivity index (χ1) is 16.9. The number of benzene rings is 3. The fourth-order valence-electron chi connectivity index (χ4n) is 4.40. The molecule has 35 heavy (non-hydrogen) atoms. The van der Waals surface area contributed by atoms with Crippen molar-refractivity contribution in [1.29, 1.82) is 0 Å². The molecule has 1 N–H and O–H groups in total. The molecule has 5 rings (SSSR count). The maximum Gasteiger partial charge on any atom is 0.262 e. The minimum Gasteiger partial charge on any atom is -0.496 e. The third-order valence-electron chi connectivity index (χ3n) is 6.25. The van der Waals surface area contributed by atoms with Crippen LogP contribution in [0.25, 0.3) is 0 Å². The van der Waals surface area contributed by atoms with E-state index in [0.29, 0.717) is 35.7 Å². The van der Waals surface area contributed by atoms with Crippen molar-refractivity contribution in [2.75, 3.05) is 17.3 Å². The molecule has 2 heterocycles. The van der Waals surface area contributed by atoms with Gasteiger partial charge in [-0.1, -0.05) is 24.3 Å². The molecule has 2 amide bonds. The number of fused-ring (bicyclic) bond motifs is 2. The fraction of sp³-hybridized carbons (Fsp3) is 0.143. The Balaban J connectivity index is 1.46. The number of nitrogens with zero attached hydrogens (tertiary/aromatic N) is 2. The molecule has 0 atom stereocenters. The van der Waals surface area contributed by atoms with E-state index in [4.69, 9.17) is 4.74 Å². The number of aryl methyl sites for hydroxylation is 1. The number of para-hydroxylation sites is 1. The van der Waals surface area contributed by atoms with E-state index in [1.165, 1.54) is 19.2 Å². The lowest BCUT2D eigenvalue weighted by Gasteiger charge is -2.24. The largest absolute Gasteiger partial charge is 0.496 e. The van der Waals surface area contributed by atoms with Gasteiger partial charge in [-0.25, -0.2) is 4.39 Å². The molecule has 4 aromatic rings. The quantitative estimate of drug-likeness (QED) is 0.435. The van der Waals surface area contributed by atoms with Crippen molar-refractivity contribution in [1.82, 2.24) is 4.57 Å². The van der Waals surface area contributed by atoms with Gasteiger partial charge < -0.3 is 19.5 Å². The summed E-state index contributed by atoms with van der Waals surface area (Å²) in [6.07, 6.45) is 2.01. The third-order valence-corrected chi connectivity index (χ3v) is 6.25. The van der Waals surface area contributed by atoms with Crippen molar-refractivity contribution in [2.45, 2.75) is 20.0 Å². The molecule has 176 valence electrons. The Labute approximate surface area is 202 Å². The van der Waals surface area contributed by atoms with Crippen molar-refractivity contribution in [2.24, 2.45) is 0 Å². The molecule has 0 radical (unpaired) electrons. The van der Waals surface area contributed by atoms with E-state index in [1.54, 1.807) is 36.1 Å². The summed E-state index contributed by atoms with van der Waals surface area (Å²) in [5.41, 5.74) is 4.65. The smallest absolute Gasteiger partial charge is 0.262 e. The summed E-state index contributed by atoms with van der Waals surface area (Å²) in [6.45, 7) is 2.85. The van der Waals surface area contributed by atoms with Gasteiger partial charge in [0.05, 0.1) is 19.2 Å². The maximum absolute atomic E-state index is 13.8. The zero-order valence-corrected chi connectivity index (χ0v) is 19.4. The molecule has 0 fully saturated rings. The summed E-state index contributed by atoms with van der Waals surface area (Å²) in [7, 11) is 1.48. The van der Waals surface area contributed by atoms with Crippen molar-refractivity contribution >= 4 is 23.2 Å². The predicted octanol–water partition coefficient (Wildman–Crippen LogP) is 5.41. The molecule has 0 saturated heterocycles. The highest BCUT2D eigenvalue weighted by Crippen LogP contribution is 2.32. The van der Waals surface area contributed by atoms with Crippen LogP contribution in [0, 0.1) is 12.7 Å². The highest BCUT2D eigenvalue weighted by molar-refractivity contribution is 6.09. The monoisotopic (exact) mass is 469 g/mol. The number of amides is 2. The third kappa shape index (κ3) is 4.28. The van der Waals surface area contributed by atoms with Crippen molar-refractivity contribution < 1.29 is 18.7 Å². The molecule has 0 bridgehead atoms. The van der Waals surface area contributed by atoms with Crippen LogP contribution >= 0.6 is 0 Å². The van der Waals surface area contributed by atoms with Gasteiger partial charge in [0, 0.05) is 41.4 Å². The molecule has 1 aliphatic rings. The minimum absolute atomic E-state index is 0.206. The van der Waals surface area contributed by atoms with Gasteiger partial charge in [0.1, 0.15) is 11.6 Å². The van der Waals surface area contributed by atoms with E-state index in [9.17, 15) is 14.0 Å². The first-order valence-corrected chi connectivity index (χ1v) is 11.2. The molecule has 0 unspecified atom stereocenters. The summed E-state index contributed by atoms with van der Waals surface area (Å²) < 4.78 is 21.3. The van der Waals surface area contributed by atoms with Gasteiger partial charge in [0.15, 0.2) is 0 Å². The lowest BCUT2D eigenvalue weighted by Crippen LogP contribution is -2.31. The molecular weight excluding hydrogens is 445 g/mol. The predicted molar refractivity (Wildman–Crippen MR) is 133 cm³/mol. The summed E-state index contributed by atoms with van der Waals surface area (Å²) in [5.74, 6) is -0.794. The van der Waals surface area contributed by atoms with E-state index in [2.05, 4.69) is 9.88 Å². The van der Waals surface area contributed by atoms with Crippen LogP contribution in [0.3, 0.4) is 0 Å². The average Bonchev–Trinajstić information content (AvgIpc) is 3.23. The summed E-state index contributed by atoms with van der Waals surface area (Å²) in [6, 6.07) is 20.8. The summed E-state index contributed by atoms with van der Waals surface area (Å²) in [4.78, 5) is 28.2. The first kappa shape index (κ1) is 22.4. The number of ether oxygens (including phenoxy) is 1. The topological polar surface area (TPSA) is 63.6 Å². The van der Waals surface area contributed by atoms with Crippen molar-refractivity contribution in [3.05, 3.63) is 113 Å². The Morgan fingerprint density at radius 3 is 2.60 bits per heavy atom. The standard InChI is InChI=1S/C28H24FN3O3/c1-18-9-10-20(29)14-24(18)27(33)30-21-11-12-23(26(15-21)35-2)28(34)32-17-22-7-5-13-31(22)16-19-6-3-4-8-25(19)32/h3-15H,16-17H2,1-2H3,(H,30,33). The SMILES string of the molecule is COc1cc(NC(=O)c2cc(F)ccc2C)ccc1C(=O)N1Cc2cccn2Cc2ccccc21. The van der Waals surface area contributed by atoms with Gasteiger partial charge in [0.25, 0.3) is 11.8 Å². The number of carbonyl (C=O) groups is 2. The Hall–Kier alpha value is -4.39. The highest BCUT2D eigenvalue weighted by atomic mass is 19.1.